The average Bonchev–Trinajstić information content (AvgIpc) is 1.78. The molecule has 0 spiro atoms. The summed E-state index contributed by atoms with van der Waals surface area (Å²) < 4.78 is 0. The highest BCUT2D eigenvalue weighted by atomic mass is 28.4. The molecule has 0 amide bonds. The standard InChI is InChI=1S/C11H25NSi2/c1-10(2)9-12-11(13(3,4)5)14(6,7)8/h11H,1-8H3. The summed E-state index contributed by atoms with van der Waals surface area (Å²) in [4.78, 5) is 4.70. The highest BCUT2D eigenvalue weighted by Crippen LogP contribution is 2.21. The Morgan fingerprint density at radius 2 is 1.29 bits per heavy atom. The lowest BCUT2D eigenvalue weighted by Crippen LogP contribution is -2.52. The van der Waals surface area contributed by atoms with Crippen molar-refractivity contribution >= 4 is 22.0 Å². The topological polar surface area (TPSA) is 12.4 Å². The first-order chi connectivity index (χ1) is 6.05. The SMILES string of the molecule is CC(C)=C=NC([Si](C)(C)C)[Si](C)(C)C. The van der Waals surface area contributed by atoms with E-state index in [1.54, 1.807) is 0 Å². The van der Waals surface area contributed by atoms with Crippen molar-refractivity contribution in [2.45, 2.75) is 58.4 Å². The van der Waals surface area contributed by atoms with Crippen molar-refractivity contribution in [2.24, 2.45) is 4.99 Å². The molecule has 0 radical (unpaired) electrons. The van der Waals surface area contributed by atoms with Gasteiger partial charge in [-0.3, -0.25) is 0 Å². The highest BCUT2D eigenvalue weighted by molar-refractivity contribution is 6.96. The lowest BCUT2D eigenvalue weighted by molar-refractivity contribution is 1.13. The Morgan fingerprint density at radius 3 is 1.50 bits per heavy atom. The normalized spacial score (nSPS) is 12.6. The summed E-state index contributed by atoms with van der Waals surface area (Å²) in [5.41, 5.74) is 1.19. The number of aliphatic imine (C=N–C) groups is 1. The Kier molecular flexibility index (Phi) is 4.56. The van der Waals surface area contributed by atoms with Crippen LogP contribution in [0.5, 0.6) is 0 Å². The first-order valence-electron chi connectivity index (χ1n) is 5.31. The Labute approximate surface area is 91.4 Å². The molecule has 0 aliphatic carbocycles. The first-order valence-corrected chi connectivity index (χ1v) is 12.5. The molecule has 0 rings (SSSR count). The van der Waals surface area contributed by atoms with E-state index < -0.39 is 16.1 Å². The molecule has 3 heteroatoms. The van der Waals surface area contributed by atoms with E-state index in [9.17, 15) is 0 Å². The number of hydrogen-bond donors (Lipinski definition) is 0. The second-order valence-electron chi connectivity index (χ2n) is 6.38. The van der Waals surface area contributed by atoms with E-state index in [1.165, 1.54) is 5.57 Å². The van der Waals surface area contributed by atoms with Gasteiger partial charge in [-0.25, -0.2) is 4.99 Å². The molecular formula is C11H25NSi2. The molecule has 0 aromatic carbocycles. The van der Waals surface area contributed by atoms with Crippen molar-refractivity contribution in [1.29, 1.82) is 0 Å². The monoisotopic (exact) mass is 227 g/mol. The molecule has 0 heterocycles. The van der Waals surface area contributed by atoms with E-state index in [-0.39, 0.29) is 0 Å². The number of allylic oxidation sites excluding steroid dienone is 1. The maximum atomic E-state index is 4.70. The third-order valence-electron chi connectivity index (χ3n) is 2.06. The van der Waals surface area contributed by atoms with Gasteiger partial charge in [0.1, 0.15) is 0 Å². The van der Waals surface area contributed by atoms with Gasteiger partial charge in [0.05, 0.1) is 16.1 Å². The van der Waals surface area contributed by atoms with Gasteiger partial charge in [-0.05, 0) is 25.3 Å². The summed E-state index contributed by atoms with van der Waals surface area (Å²) in [6, 6.07) is 0. The number of rotatable bonds is 3. The van der Waals surface area contributed by atoms with Gasteiger partial charge in [-0.15, -0.1) is 0 Å². The zero-order valence-corrected chi connectivity index (χ0v) is 13.0. The van der Waals surface area contributed by atoms with Gasteiger partial charge in [0.15, 0.2) is 0 Å². The number of hydrogen-bond acceptors (Lipinski definition) is 1. The zero-order chi connectivity index (χ0) is 11.6. The lowest BCUT2D eigenvalue weighted by atomic mass is 10.4. The number of nitrogens with zero attached hydrogens (tertiary/aromatic N) is 1. The second-order valence-corrected chi connectivity index (χ2v) is 17.5. The molecule has 0 N–H and O–H groups in total. The van der Waals surface area contributed by atoms with E-state index in [4.69, 9.17) is 4.99 Å². The quantitative estimate of drug-likeness (QED) is 0.514. The minimum atomic E-state index is -1.17. The van der Waals surface area contributed by atoms with Gasteiger partial charge >= 0.3 is 0 Å². The summed E-state index contributed by atoms with van der Waals surface area (Å²) in [6.45, 7) is 18.6. The molecule has 14 heavy (non-hydrogen) atoms. The Morgan fingerprint density at radius 1 is 0.929 bits per heavy atom. The summed E-state index contributed by atoms with van der Waals surface area (Å²) in [7, 11) is -2.34. The van der Waals surface area contributed by atoms with Crippen molar-refractivity contribution in [3.05, 3.63) is 5.57 Å². The van der Waals surface area contributed by atoms with Crippen molar-refractivity contribution in [1.82, 2.24) is 0 Å². The van der Waals surface area contributed by atoms with Crippen LogP contribution in [0, 0.1) is 0 Å². The molecule has 0 fully saturated rings. The van der Waals surface area contributed by atoms with Crippen LogP contribution in [0.15, 0.2) is 10.6 Å². The Balaban J connectivity index is 5.07. The van der Waals surface area contributed by atoms with E-state index in [2.05, 4.69) is 59.0 Å². The van der Waals surface area contributed by atoms with E-state index in [1.807, 2.05) is 0 Å². The molecule has 82 valence electrons. The Bertz CT molecular complexity index is 231. The molecule has 0 aliphatic heterocycles. The fourth-order valence-electron chi connectivity index (χ4n) is 1.88. The largest absolute Gasteiger partial charge is 0.246 e. The van der Waals surface area contributed by atoms with Gasteiger partial charge in [0.25, 0.3) is 0 Å². The van der Waals surface area contributed by atoms with E-state index in [0.717, 1.165) is 0 Å². The molecule has 0 unspecified atom stereocenters. The molecule has 0 atom stereocenters. The molecular weight excluding hydrogens is 202 g/mol. The van der Waals surface area contributed by atoms with Crippen LogP contribution in [0.25, 0.3) is 0 Å². The van der Waals surface area contributed by atoms with Crippen molar-refractivity contribution < 1.29 is 0 Å². The summed E-state index contributed by atoms with van der Waals surface area (Å²) >= 11 is 0. The minimum Gasteiger partial charge on any atom is -0.246 e. The zero-order valence-electron chi connectivity index (χ0n) is 11.0. The van der Waals surface area contributed by atoms with E-state index in [0.29, 0.717) is 5.29 Å². The average molecular weight is 227 g/mol. The van der Waals surface area contributed by atoms with Crippen LogP contribution in [0.1, 0.15) is 13.8 Å². The molecule has 0 saturated carbocycles. The minimum absolute atomic E-state index is 0.588. The van der Waals surface area contributed by atoms with Gasteiger partial charge in [-0.2, -0.15) is 0 Å². The van der Waals surface area contributed by atoms with Crippen LogP contribution in [-0.2, 0) is 0 Å². The second kappa shape index (κ2) is 4.60. The van der Waals surface area contributed by atoms with Crippen LogP contribution in [-0.4, -0.2) is 27.3 Å². The van der Waals surface area contributed by atoms with Gasteiger partial charge in [-0.1, -0.05) is 39.3 Å². The molecule has 0 aromatic rings. The maximum Gasteiger partial charge on any atom is 0.0704 e. The van der Waals surface area contributed by atoms with Crippen molar-refractivity contribution in [3.8, 4) is 0 Å². The van der Waals surface area contributed by atoms with Crippen LogP contribution < -0.4 is 0 Å². The third-order valence-corrected chi connectivity index (χ3v) is 10.8. The van der Waals surface area contributed by atoms with Gasteiger partial charge in [0.2, 0.25) is 0 Å². The predicted molar refractivity (Wildman–Crippen MR) is 72.8 cm³/mol. The molecule has 0 aliphatic rings. The van der Waals surface area contributed by atoms with Crippen LogP contribution in [0.3, 0.4) is 0 Å². The third kappa shape index (κ3) is 4.94. The Hall–Kier alpha value is -0.116. The first kappa shape index (κ1) is 13.9. The summed E-state index contributed by atoms with van der Waals surface area (Å²) in [5.74, 6) is 3.17. The van der Waals surface area contributed by atoms with Crippen LogP contribution >= 0.6 is 0 Å². The highest BCUT2D eigenvalue weighted by Gasteiger charge is 2.37. The van der Waals surface area contributed by atoms with Crippen molar-refractivity contribution in [2.75, 3.05) is 0 Å². The van der Waals surface area contributed by atoms with Gasteiger partial charge < -0.3 is 0 Å². The fraction of sp³-hybridized carbons (Fsp3) is 0.818. The fourth-order valence-corrected chi connectivity index (χ4v) is 13.2. The summed E-state index contributed by atoms with van der Waals surface area (Å²) in [6.07, 6.45) is 0. The molecule has 1 nitrogen and oxygen atoms in total. The van der Waals surface area contributed by atoms with Gasteiger partial charge in [0, 0.05) is 5.29 Å². The van der Waals surface area contributed by atoms with Crippen LogP contribution in [0.4, 0.5) is 0 Å². The lowest BCUT2D eigenvalue weighted by Gasteiger charge is -2.34. The van der Waals surface area contributed by atoms with Crippen LogP contribution in [0.2, 0.25) is 39.3 Å². The smallest absolute Gasteiger partial charge is 0.0704 e. The molecule has 0 bridgehead atoms. The van der Waals surface area contributed by atoms with E-state index >= 15 is 0 Å². The molecule has 0 aromatic heterocycles. The molecule has 0 saturated heterocycles. The maximum absolute atomic E-state index is 4.70. The van der Waals surface area contributed by atoms with Crippen molar-refractivity contribution in [3.63, 3.8) is 0 Å². The summed E-state index contributed by atoms with van der Waals surface area (Å²) in [5, 5.41) is 0.588. The predicted octanol–water partition coefficient (Wildman–Crippen LogP) is 3.75.